The third-order valence-electron chi connectivity index (χ3n) is 5.22. The van der Waals surface area contributed by atoms with Crippen LogP contribution in [0.5, 0.6) is 17.2 Å². The molecule has 1 unspecified atom stereocenters. The second-order valence-corrected chi connectivity index (χ2v) is 7.84. The van der Waals surface area contributed by atoms with Crippen molar-refractivity contribution in [3.05, 3.63) is 83.9 Å². The van der Waals surface area contributed by atoms with Crippen molar-refractivity contribution in [1.82, 2.24) is 10.6 Å². The van der Waals surface area contributed by atoms with Crippen molar-refractivity contribution in [2.45, 2.75) is 19.4 Å². The number of imide groups is 1. The van der Waals surface area contributed by atoms with Gasteiger partial charge in [0.2, 0.25) is 0 Å². The fourth-order valence-electron chi connectivity index (χ4n) is 3.35. The number of ether oxygens (including phenoxy) is 2. The summed E-state index contributed by atoms with van der Waals surface area (Å²) in [4.78, 5) is 36.0. The Morgan fingerprint density at radius 2 is 1.58 bits per heavy atom. The average molecular weight is 445 g/mol. The van der Waals surface area contributed by atoms with E-state index in [1.54, 1.807) is 55.5 Å². The van der Waals surface area contributed by atoms with Gasteiger partial charge in [0.05, 0.1) is 0 Å². The molecular formula is C25H23N3O5. The lowest BCUT2D eigenvalue weighted by Gasteiger charge is -2.21. The van der Waals surface area contributed by atoms with Crippen molar-refractivity contribution in [3.8, 4) is 17.2 Å². The van der Waals surface area contributed by atoms with Gasteiger partial charge in [0, 0.05) is 5.69 Å². The lowest BCUT2D eigenvalue weighted by atomic mass is 9.92. The first-order chi connectivity index (χ1) is 15.8. The van der Waals surface area contributed by atoms with Crippen LogP contribution in [0.15, 0.2) is 72.8 Å². The van der Waals surface area contributed by atoms with Gasteiger partial charge in [0.1, 0.15) is 22.8 Å². The molecule has 1 fully saturated rings. The first-order valence-electron chi connectivity index (χ1n) is 10.3. The van der Waals surface area contributed by atoms with Gasteiger partial charge in [-0.05, 0) is 67.9 Å². The van der Waals surface area contributed by atoms with Crippen LogP contribution in [0.1, 0.15) is 18.1 Å². The van der Waals surface area contributed by atoms with Crippen molar-refractivity contribution in [2.24, 2.45) is 0 Å². The third kappa shape index (κ3) is 5.12. The Labute approximate surface area is 190 Å². The van der Waals surface area contributed by atoms with Crippen molar-refractivity contribution in [1.29, 1.82) is 0 Å². The molecule has 4 rings (SSSR count). The van der Waals surface area contributed by atoms with E-state index in [2.05, 4.69) is 16.0 Å². The van der Waals surface area contributed by atoms with Gasteiger partial charge in [-0.1, -0.05) is 29.8 Å². The zero-order valence-electron chi connectivity index (χ0n) is 18.2. The molecular weight excluding hydrogens is 422 g/mol. The fourth-order valence-corrected chi connectivity index (χ4v) is 3.35. The predicted octanol–water partition coefficient (Wildman–Crippen LogP) is 3.86. The summed E-state index contributed by atoms with van der Waals surface area (Å²) in [6.07, 6.45) is 0. The Hall–Kier alpha value is -4.33. The van der Waals surface area contributed by atoms with Gasteiger partial charge in [-0.2, -0.15) is 0 Å². The summed E-state index contributed by atoms with van der Waals surface area (Å²) in [6.45, 7) is 3.41. The Morgan fingerprint density at radius 1 is 0.939 bits per heavy atom. The van der Waals surface area contributed by atoms with Crippen LogP contribution in [0.25, 0.3) is 0 Å². The van der Waals surface area contributed by atoms with Crippen LogP contribution >= 0.6 is 0 Å². The third-order valence-corrected chi connectivity index (χ3v) is 5.22. The molecule has 8 heteroatoms. The van der Waals surface area contributed by atoms with E-state index >= 15 is 0 Å². The van der Waals surface area contributed by atoms with E-state index in [-0.39, 0.29) is 12.5 Å². The Balaban J connectivity index is 1.32. The molecule has 33 heavy (non-hydrogen) atoms. The molecule has 0 saturated carbocycles. The van der Waals surface area contributed by atoms with Crippen LogP contribution in [-0.2, 0) is 15.1 Å². The van der Waals surface area contributed by atoms with E-state index in [9.17, 15) is 14.4 Å². The molecule has 0 bridgehead atoms. The number of aryl methyl sites for hydroxylation is 1. The molecule has 0 spiro atoms. The first-order valence-corrected chi connectivity index (χ1v) is 10.3. The number of nitrogens with one attached hydrogen (secondary N) is 3. The highest BCUT2D eigenvalue weighted by Gasteiger charge is 2.43. The van der Waals surface area contributed by atoms with Gasteiger partial charge < -0.3 is 20.1 Å². The lowest BCUT2D eigenvalue weighted by molar-refractivity contribution is -0.123. The van der Waals surface area contributed by atoms with Gasteiger partial charge in [-0.15, -0.1) is 0 Å². The molecule has 1 saturated heterocycles. The minimum atomic E-state index is -1.20. The fraction of sp³-hybridized carbons (Fsp3) is 0.160. The number of rotatable bonds is 7. The molecule has 1 aliphatic rings. The van der Waals surface area contributed by atoms with Crippen LogP contribution in [0.2, 0.25) is 0 Å². The smallest absolute Gasteiger partial charge is 0.322 e. The summed E-state index contributed by atoms with van der Waals surface area (Å²) in [7, 11) is 0. The summed E-state index contributed by atoms with van der Waals surface area (Å²) in [6, 6.07) is 20.9. The van der Waals surface area contributed by atoms with E-state index in [0.717, 1.165) is 11.3 Å². The number of hydrogen-bond acceptors (Lipinski definition) is 5. The molecule has 3 N–H and O–H groups in total. The van der Waals surface area contributed by atoms with Gasteiger partial charge in [0.25, 0.3) is 11.8 Å². The SMILES string of the molecule is Cc1ccc(Oc2ccc(OCC(=O)Nc3cccc(C4(C)NC(=O)NC4=O)c3)cc2)cc1. The molecule has 0 aromatic heterocycles. The molecule has 4 amide bonds. The molecule has 168 valence electrons. The van der Waals surface area contributed by atoms with Crippen LogP contribution in [0.4, 0.5) is 10.5 Å². The summed E-state index contributed by atoms with van der Waals surface area (Å²) in [5, 5.41) is 7.55. The van der Waals surface area contributed by atoms with E-state index in [1.165, 1.54) is 0 Å². The maximum absolute atomic E-state index is 12.3. The first kappa shape index (κ1) is 21.9. The zero-order chi connectivity index (χ0) is 23.4. The summed E-state index contributed by atoms with van der Waals surface area (Å²) in [5.74, 6) is 1.10. The van der Waals surface area contributed by atoms with E-state index < -0.39 is 17.5 Å². The molecule has 1 heterocycles. The van der Waals surface area contributed by atoms with Gasteiger partial charge in [-0.25, -0.2) is 4.79 Å². The number of carbonyl (C=O) groups is 3. The molecule has 0 radical (unpaired) electrons. The number of hydrogen-bond donors (Lipinski definition) is 3. The quantitative estimate of drug-likeness (QED) is 0.479. The molecule has 1 atom stereocenters. The number of benzene rings is 3. The molecule has 1 aliphatic heterocycles. The molecule has 0 aliphatic carbocycles. The highest BCUT2D eigenvalue weighted by Crippen LogP contribution is 2.27. The number of anilines is 1. The summed E-state index contributed by atoms with van der Waals surface area (Å²) in [5.41, 5.74) is 0.990. The number of urea groups is 1. The maximum atomic E-state index is 12.3. The molecule has 8 nitrogen and oxygen atoms in total. The topological polar surface area (TPSA) is 106 Å². The standard InChI is InChI=1S/C25H23N3O5/c1-16-6-8-20(9-7-16)33-21-12-10-19(11-13-21)32-15-22(29)26-18-5-3-4-17(14-18)25(2)23(30)27-24(31)28-25/h3-14H,15H2,1-2H3,(H,26,29)(H2,27,28,30,31). The number of carbonyl (C=O) groups excluding carboxylic acids is 3. The van der Waals surface area contributed by atoms with Crippen LogP contribution < -0.4 is 25.4 Å². The highest BCUT2D eigenvalue weighted by atomic mass is 16.5. The second-order valence-electron chi connectivity index (χ2n) is 7.84. The molecule has 3 aromatic carbocycles. The normalized spacial score (nSPS) is 17.2. The Kier molecular flexibility index (Phi) is 5.99. The molecule has 3 aromatic rings. The summed E-state index contributed by atoms with van der Waals surface area (Å²) < 4.78 is 11.3. The Bertz CT molecular complexity index is 1190. The predicted molar refractivity (Wildman–Crippen MR) is 122 cm³/mol. The van der Waals surface area contributed by atoms with E-state index in [1.807, 2.05) is 31.2 Å². The van der Waals surface area contributed by atoms with Gasteiger partial charge in [0.15, 0.2) is 6.61 Å². The maximum Gasteiger partial charge on any atom is 0.322 e. The largest absolute Gasteiger partial charge is 0.484 e. The Morgan fingerprint density at radius 3 is 2.21 bits per heavy atom. The van der Waals surface area contributed by atoms with Crippen molar-refractivity contribution >= 4 is 23.5 Å². The zero-order valence-corrected chi connectivity index (χ0v) is 18.2. The van der Waals surface area contributed by atoms with Crippen LogP contribution in [0, 0.1) is 6.92 Å². The van der Waals surface area contributed by atoms with E-state index in [4.69, 9.17) is 9.47 Å². The van der Waals surface area contributed by atoms with Crippen LogP contribution in [0.3, 0.4) is 0 Å². The minimum absolute atomic E-state index is 0.198. The van der Waals surface area contributed by atoms with Gasteiger partial charge in [-0.3, -0.25) is 14.9 Å². The second kappa shape index (κ2) is 9.04. The minimum Gasteiger partial charge on any atom is -0.484 e. The van der Waals surface area contributed by atoms with Crippen molar-refractivity contribution < 1.29 is 23.9 Å². The van der Waals surface area contributed by atoms with E-state index in [0.29, 0.717) is 22.7 Å². The summed E-state index contributed by atoms with van der Waals surface area (Å²) >= 11 is 0. The highest BCUT2D eigenvalue weighted by molar-refractivity contribution is 6.07. The van der Waals surface area contributed by atoms with Crippen molar-refractivity contribution in [2.75, 3.05) is 11.9 Å². The lowest BCUT2D eigenvalue weighted by Crippen LogP contribution is -2.40. The average Bonchev–Trinajstić information content (AvgIpc) is 3.07. The van der Waals surface area contributed by atoms with Crippen molar-refractivity contribution in [3.63, 3.8) is 0 Å². The number of amides is 4. The van der Waals surface area contributed by atoms with Crippen LogP contribution in [-0.4, -0.2) is 24.5 Å². The monoisotopic (exact) mass is 445 g/mol. The van der Waals surface area contributed by atoms with Gasteiger partial charge >= 0.3 is 6.03 Å².